The van der Waals surface area contributed by atoms with Gasteiger partial charge in [0.25, 0.3) is 0 Å². The third-order valence-electron chi connectivity index (χ3n) is 4.35. The quantitative estimate of drug-likeness (QED) is 0.857. The van der Waals surface area contributed by atoms with Crippen molar-refractivity contribution in [2.45, 2.75) is 52.0 Å². The fraction of sp³-hybridized carbons (Fsp3) is 0.625. The number of rotatable bonds is 4. The molecule has 1 aliphatic rings. The SMILES string of the molecule is CC(NCC1(C)CCCCC1)c1ccc(F)cc1O. The molecule has 2 rings (SSSR count). The van der Waals surface area contributed by atoms with Crippen LogP contribution in [0.15, 0.2) is 18.2 Å². The van der Waals surface area contributed by atoms with Crippen LogP contribution >= 0.6 is 0 Å². The zero-order valence-corrected chi connectivity index (χ0v) is 11.9. The molecule has 0 aromatic heterocycles. The lowest BCUT2D eigenvalue weighted by Crippen LogP contribution is -2.35. The maximum absolute atomic E-state index is 13.0. The van der Waals surface area contributed by atoms with Gasteiger partial charge in [0, 0.05) is 24.2 Å². The van der Waals surface area contributed by atoms with Crippen LogP contribution in [0.4, 0.5) is 4.39 Å². The molecule has 1 unspecified atom stereocenters. The van der Waals surface area contributed by atoms with Crippen LogP contribution in [-0.2, 0) is 0 Å². The third-order valence-corrected chi connectivity index (χ3v) is 4.35. The minimum Gasteiger partial charge on any atom is -0.508 e. The van der Waals surface area contributed by atoms with Crippen molar-refractivity contribution in [3.63, 3.8) is 0 Å². The van der Waals surface area contributed by atoms with Crippen LogP contribution in [0.3, 0.4) is 0 Å². The standard InChI is InChI=1S/C16H24FNO/c1-12(14-7-6-13(17)10-15(14)19)18-11-16(2)8-4-3-5-9-16/h6-7,10,12,18-19H,3-5,8-9,11H2,1-2H3. The number of halogens is 1. The summed E-state index contributed by atoms with van der Waals surface area (Å²) in [4.78, 5) is 0. The van der Waals surface area contributed by atoms with Crippen LogP contribution in [0, 0.1) is 11.2 Å². The lowest BCUT2D eigenvalue weighted by Gasteiger charge is -2.35. The van der Waals surface area contributed by atoms with Gasteiger partial charge in [0.05, 0.1) is 0 Å². The van der Waals surface area contributed by atoms with Crippen molar-refractivity contribution < 1.29 is 9.50 Å². The molecule has 1 aromatic rings. The summed E-state index contributed by atoms with van der Waals surface area (Å²) in [6, 6.07) is 4.27. The van der Waals surface area contributed by atoms with Gasteiger partial charge in [-0.2, -0.15) is 0 Å². The van der Waals surface area contributed by atoms with Crippen LogP contribution in [-0.4, -0.2) is 11.7 Å². The van der Waals surface area contributed by atoms with E-state index in [4.69, 9.17) is 0 Å². The summed E-state index contributed by atoms with van der Waals surface area (Å²) in [6.07, 6.45) is 6.51. The fourth-order valence-electron chi connectivity index (χ4n) is 2.97. The first-order valence-electron chi connectivity index (χ1n) is 7.22. The Morgan fingerprint density at radius 3 is 2.63 bits per heavy atom. The van der Waals surface area contributed by atoms with Gasteiger partial charge in [-0.15, -0.1) is 0 Å². The molecule has 106 valence electrons. The monoisotopic (exact) mass is 265 g/mol. The van der Waals surface area contributed by atoms with Crippen molar-refractivity contribution in [1.82, 2.24) is 5.32 Å². The first kappa shape index (κ1) is 14.3. The summed E-state index contributed by atoms with van der Waals surface area (Å²) in [6.45, 7) is 5.29. The van der Waals surface area contributed by atoms with E-state index in [1.807, 2.05) is 6.92 Å². The summed E-state index contributed by atoms with van der Waals surface area (Å²) in [5.74, 6) is -0.360. The van der Waals surface area contributed by atoms with Crippen molar-refractivity contribution in [2.24, 2.45) is 5.41 Å². The van der Waals surface area contributed by atoms with Gasteiger partial charge in [0.1, 0.15) is 11.6 Å². The molecule has 1 aromatic carbocycles. The molecule has 0 bridgehead atoms. The molecule has 0 radical (unpaired) electrons. The second-order valence-corrected chi connectivity index (χ2v) is 6.18. The van der Waals surface area contributed by atoms with Gasteiger partial charge in [0.2, 0.25) is 0 Å². The van der Waals surface area contributed by atoms with Crippen molar-refractivity contribution in [3.05, 3.63) is 29.6 Å². The molecular formula is C16H24FNO. The molecule has 2 nitrogen and oxygen atoms in total. The molecule has 2 N–H and O–H groups in total. The predicted octanol–water partition coefficient (Wildman–Crippen LogP) is 4.15. The van der Waals surface area contributed by atoms with E-state index in [9.17, 15) is 9.50 Å². The smallest absolute Gasteiger partial charge is 0.126 e. The number of benzene rings is 1. The summed E-state index contributed by atoms with van der Waals surface area (Å²) in [5.41, 5.74) is 1.13. The Kier molecular flexibility index (Phi) is 4.46. The van der Waals surface area contributed by atoms with Crippen LogP contribution in [0.25, 0.3) is 0 Å². The molecule has 1 aliphatic carbocycles. The van der Waals surface area contributed by atoms with E-state index >= 15 is 0 Å². The summed E-state index contributed by atoms with van der Waals surface area (Å²) in [7, 11) is 0. The van der Waals surface area contributed by atoms with E-state index in [1.165, 1.54) is 44.2 Å². The van der Waals surface area contributed by atoms with Crippen LogP contribution in [0.1, 0.15) is 57.6 Å². The number of hydrogen-bond acceptors (Lipinski definition) is 2. The molecular weight excluding hydrogens is 241 g/mol. The zero-order chi connectivity index (χ0) is 13.9. The first-order valence-corrected chi connectivity index (χ1v) is 7.22. The van der Waals surface area contributed by atoms with E-state index < -0.39 is 5.82 Å². The average Bonchev–Trinajstić information content (AvgIpc) is 2.37. The summed E-state index contributed by atoms with van der Waals surface area (Å²) < 4.78 is 13.0. The molecule has 0 amide bonds. The highest BCUT2D eigenvalue weighted by Gasteiger charge is 2.27. The molecule has 0 heterocycles. The molecule has 1 saturated carbocycles. The van der Waals surface area contributed by atoms with Gasteiger partial charge in [-0.1, -0.05) is 32.3 Å². The maximum atomic E-state index is 13.0. The van der Waals surface area contributed by atoms with Gasteiger partial charge >= 0.3 is 0 Å². The van der Waals surface area contributed by atoms with Crippen molar-refractivity contribution in [2.75, 3.05) is 6.54 Å². The summed E-state index contributed by atoms with van der Waals surface area (Å²) in [5, 5.41) is 13.3. The van der Waals surface area contributed by atoms with E-state index in [2.05, 4.69) is 12.2 Å². The molecule has 0 saturated heterocycles. The average molecular weight is 265 g/mol. The fourth-order valence-corrected chi connectivity index (χ4v) is 2.97. The molecule has 1 fully saturated rings. The summed E-state index contributed by atoms with van der Waals surface area (Å²) >= 11 is 0. The van der Waals surface area contributed by atoms with E-state index in [0.29, 0.717) is 5.41 Å². The van der Waals surface area contributed by atoms with E-state index in [0.717, 1.165) is 12.1 Å². The maximum Gasteiger partial charge on any atom is 0.126 e. The molecule has 1 atom stereocenters. The van der Waals surface area contributed by atoms with Crippen LogP contribution < -0.4 is 5.32 Å². The van der Waals surface area contributed by atoms with Gasteiger partial charge in [-0.05, 0) is 31.2 Å². The number of aromatic hydroxyl groups is 1. The Bertz CT molecular complexity index is 427. The van der Waals surface area contributed by atoms with Crippen molar-refractivity contribution >= 4 is 0 Å². The Morgan fingerprint density at radius 1 is 1.32 bits per heavy atom. The zero-order valence-electron chi connectivity index (χ0n) is 11.9. The molecule has 0 spiro atoms. The third kappa shape index (κ3) is 3.69. The molecule has 3 heteroatoms. The first-order chi connectivity index (χ1) is 9.00. The van der Waals surface area contributed by atoms with Crippen molar-refractivity contribution in [3.8, 4) is 5.75 Å². The highest BCUT2D eigenvalue weighted by molar-refractivity contribution is 5.34. The molecule has 0 aliphatic heterocycles. The number of nitrogens with one attached hydrogen (secondary N) is 1. The lowest BCUT2D eigenvalue weighted by molar-refractivity contribution is 0.201. The van der Waals surface area contributed by atoms with E-state index in [-0.39, 0.29) is 11.8 Å². The Hall–Kier alpha value is -1.09. The van der Waals surface area contributed by atoms with E-state index in [1.54, 1.807) is 6.07 Å². The second kappa shape index (κ2) is 5.91. The Balaban J connectivity index is 1.95. The van der Waals surface area contributed by atoms with Gasteiger partial charge in [-0.3, -0.25) is 0 Å². The van der Waals surface area contributed by atoms with Crippen LogP contribution in [0.5, 0.6) is 5.75 Å². The van der Waals surface area contributed by atoms with Gasteiger partial charge < -0.3 is 10.4 Å². The minimum absolute atomic E-state index is 0.0359. The predicted molar refractivity (Wildman–Crippen MR) is 75.7 cm³/mol. The van der Waals surface area contributed by atoms with Crippen molar-refractivity contribution in [1.29, 1.82) is 0 Å². The largest absolute Gasteiger partial charge is 0.508 e. The lowest BCUT2D eigenvalue weighted by atomic mass is 9.75. The second-order valence-electron chi connectivity index (χ2n) is 6.18. The Labute approximate surface area is 115 Å². The topological polar surface area (TPSA) is 32.3 Å². The normalized spacial score (nSPS) is 20.2. The Morgan fingerprint density at radius 2 is 2.00 bits per heavy atom. The molecule has 19 heavy (non-hydrogen) atoms. The van der Waals surface area contributed by atoms with Gasteiger partial charge in [0.15, 0.2) is 0 Å². The van der Waals surface area contributed by atoms with Gasteiger partial charge in [-0.25, -0.2) is 4.39 Å². The highest BCUT2D eigenvalue weighted by atomic mass is 19.1. The van der Waals surface area contributed by atoms with Crippen LogP contribution in [0.2, 0.25) is 0 Å². The number of phenols is 1. The minimum atomic E-state index is -0.396. The highest BCUT2D eigenvalue weighted by Crippen LogP contribution is 2.35. The number of hydrogen-bond donors (Lipinski definition) is 2. The number of phenolic OH excluding ortho intramolecular Hbond substituents is 1.